The summed E-state index contributed by atoms with van der Waals surface area (Å²) in [6.45, 7) is 2.08. The molecule has 0 aliphatic carbocycles. The number of carbonyl (C=O) groups excluding carboxylic acids is 2. The number of rotatable bonds is 9. The van der Waals surface area contributed by atoms with E-state index in [-0.39, 0.29) is 11.3 Å². The normalized spacial score (nSPS) is 10.9. The molecule has 0 bridgehead atoms. The number of sulfonamides is 1. The van der Waals surface area contributed by atoms with Gasteiger partial charge in [-0.1, -0.05) is 19.1 Å². The first-order valence-electron chi connectivity index (χ1n) is 8.94. The van der Waals surface area contributed by atoms with Gasteiger partial charge in [0.05, 0.1) is 36.9 Å². The molecule has 0 aromatic heterocycles. The second kappa shape index (κ2) is 9.92. The number of para-hydroxylation sites is 1. The standard InChI is InChI=1S/C20H24N2O6S/c1-4-13-28-16-11-9-15(10-12-16)22(29(3,25)26)14-19(23)21-18-8-6-5-7-17(18)20(24)27-2/h5-12H,4,13-14H2,1-3H3,(H,21,23). The number of hydrogen-bond acceptors (Lipinski definition) is 6. The maximum Gasteiger partial charge on any atom is 0.339 e. The van der Waals surface area contributed by atoms with Crippen molar-refractivity contribution in [3.05, 3.63) is 54.1 Å². The summed E-state index contributed by atoms with van der Waals surface area (Å²) in [6.07, 6.45) is 1.87. The first-order chi connectivity index (χ1) is 13.8. The fourth-order valence-corrected chi connectivity index (χ4v) is 3.39. The van der Waals surface area contributed by atoms with Gasteiger partial charge in [0.2, 0.25) is 15.9 Å². The maximum atomic E-state index is 12.5. The number of hydrogen-bond donors (Lipinski definition) is 1. The minimum atomic E-state index is -3.73. The number of carbonyl (C=O) groups is 2. The molecule has 0 saturated carbocycles. The van der Waals surface area contributed by atoms with Crippen LogP contribution in [0.25, 0.3) is 0 Å². The van der Waals surface area contributed by atoms with Crippen molar-refractivity contribution in [1.29, 1.82) is 0 Å². The summed E-state index contributed by atoms with van der Waals surface area (Å²) in [7, 11) is -2.49. The Labute approximate surface area is 170 Å². The minimum absolute atomic E-state index is 0.173. The Bertz CT molecular complexity index is 957. The number of ether oxygens (including phenoxy) is 2. The number of benzene rings is 2. The van der Waals surface area contributed by atoms with E-state index in [1.54, 1.807) is 36.4 Å². The topological polar surface area (TPSA) is 102 Å². The second-order valence-electron chi connectivity index (χ2n) is 6.20. The van der Waals surface area contributed by atoms with Gasteiger partial charge in [0.25, 0.3) is 0 Å². The number of methoxy groups -OCH3 is 1. The average molecular weight is 420 g/mol. The molecule has 0 aliphatic heterocycles. The van der Waals surface area contributed by atoms with Crippen molar-refractivity contribution in [3.8, 4) is 5.75 Å². The second-order valence-corrected chi connectivity index (χ2v) is 8.10. The molecule has 29 heavy (non-hydrogen) atoms. The predicted octanol–water partition coefficient (Wildman–Crippen LogP) is 2.67. The van der Waals surface area contributed by atoms with Crippen molar-refractivity contribution in [1.82, 2.24) is 0 Å². The van der Waals surface area contributed by atoms with Crippen LogP contribution in [0.15, 0.2) is 48.5 Å². The van der Waals surface area contributed by atoms with Gasteiger partial charge in [0.15, 0.2) is 0 Å². The van der Waals surface area contributed by atoms with Gasteiger partial charge in [-0.2, -0.15) is 0 Å². The highest BCUT2D eigenvalue weighted by Crippen LogP contribution is 2.22. The zero-order chi connectivity index (χ0) is 21.4. The van der Waals surface area contributed by atoms with Crippen molar-refractivity contribution in [2.24, 2.45) is 0 Å². The molecule has 2 rings (SSSR count). The minimum Gasteiger partial charge on any atom is -0.494 e. The van der Waals surface area contributed by atoms with Gasteiger partial charge in [-0.15, -0.1) is 0 Å². The van der Waals surface area contributed by atoms with Gasteiger partial charge in [0, 0.05) is 0 Å². The average Bonchev–Trinajstić information content (AvgIpc) is 2.70. The first-order valence-corrected chi connectivity index (χ1v) is 10.8. The summed E-state index contributed by atoms with van der Waals surface area (Å²) < 4.78 is 35.6. The lowest BCUT2D eigenvalue weighted by Crippen LogP contribution is -2.37. The molecule has 0 atom stereocenters. The SMILES string of the molecule is CCCOc1ccc(N(CC(=O)Nc2ccccc2C(=O)OC)S(C)(=O)=O)cc1. The molecular formula is C20H24N2O6S. The summed E-state index contributed by atoms with van der Waals surface area (Å²) >= 11 is 0. The Morgan fingerprint density at radius 2 is 1.72 bits per heavy atom. The molecule has 0 aliphatic rings. The Morgan fingerprint density at radius 3 is 2.31 bits per heavy atom. The van der Waals surface area contributed by atoms with Crippen LogP contribution >= 0.6 is 0 Å². The van der Waals surface area contributed by atoms with E-state index >= 15 is 0 Å². The van der Waals surface area contributed by atoms with Crippen molar-refractivity contribution >= 4 is 33.3 Å². The molecule has 1 amide bonds. The number of amides is 1. The Hall–Kier alpha value is -3.07. The van der Waals surface area contributed by atoms with Crippen LogP contribution in [0.1, 0.15) is 23.7 Å². The highest BCUT2D eigenvalue weighted by atomic mass is 32.2. The molecule has 156 valence electrons. The Kier molecular flexibility index (Phi) is 7.60. The Balaban J connectivity index is 2.19. The largest absolute Gasteiger partial charge is 0.494 e. The van der Waals surface area contributed by atoms with E-state index in [2.05, 4.69) is 5.32 Å². The highest BCUT2D eigenvalue weighted by Gasteiger charge is 2.22. The van der Waals surface area contributed by atoms with Gasteiger partial charge in [-0.05, 0) is 42.8 Å². The zero-order valence-corrected chi connectivity index (χ0v) is 17.4. The van der Waals surface area contributed by atoms with E-state index in [1.165, 1.54) is 19.2 Å². The summed E-state index contributed by atoms with van der Waals surface area (Å²) in [5.41, 5.74) is 0.737. The van der Waals surface area contributed by atoms with Crippen molar-refractivity contribution in [2.45, 2.75) is 13.3 Å². The van der Waals surface area contributed by atoms with E-state index in [0.717, 1.165) is 17.0 Å². The molecule has 2 aromatic rings. The molecule has 9 heteroatoms. The van der Waals surface area contributed by atoms with Crippen LogP contribution in [0.4, 0.5) is 11.4 Å². The summed E-state index contributed by atoms with van der Waals surface area (Å²) in [4.78, 5) is 24.4. The summed E-state index contributed by atoms with van der Waals surface area (Å²) in [5, 5.41) is 2.57. The van der Waals surface area contributed by atoms with Crippen LogP contribution in [0, 0.1) is 0 Å². The molecule has 0 saturated heterocycles. The third-order valence-electron chi connectivity index (χ3n) is 3.89. The lowest BCUT2D eigenvalue weighted by atomic mass is 10.2. The van der Waals surface area contributed by atoms with E-state index in [9.17, 15) is 18.0 Å². The smallest absolute Gasteiger partial charge is 0.339 e. The van der Waals surface area contributed by atoms with Crippen molar-refractivity contribution in [3.63, 3.8) is 0 Å². The number of nitrogens with zero attached hydrogens (tertiary/aromatic N) is 1. The van der Waals surface area contributed by atoms with Gasteiger partial charge in [-0.25, -0.2) is 13.2 Å². The van der Waals surface area contributed by atoms with Crippen LogP contribution in [-0.2, 0) is 19.6 Å². The van der Waals surface area contributed by atoms with Gasteiger partial charge >= 0.3 is 5.97 Å². The molecular weight excluding hydrogens is 396 g/mol. The van der Waals surface area contributed by atoms with E-state index in [1.807, 2.05) is 6.92 Å². The van der Waals surface area contributed by atoms with Gasteiger partial charge in [0.1, 0.15) is 12.3 Å². The first kappa shape index (κ1) is 22.2. The third-order valence-corrected chi connectivity index (χ3v) is 5.03. The fourth-order valence-electron chi connectivity index (χ4n) is 2.53. The number of nitrogens with one attached hydrogen (secondary N) is 1. The van der Waals surface area contributed by atoms with Crippen LogP contribution in [-0.4, -0.2) is 46.8 Å². The number of anilines is 2. The van der Waals surface area contributed by atoms with Crippen LogP contribution < -0.4 is 14.4 Å². The molecule has 0 heterocycles. The molecule has 0 spiro atoms. The third kappa shape index (κ3) is 6.21. The highest BCUT2D eigenvalue weighted by molar-refractivity contribution is 7.92. The monoisotopic (exact) mass is 420 g/mol. The lowest BCUT2D eigenvalue weighted by molar-refractivity contribution is -0.114. The predicted molar refractivity (Wildman–Crippen MR) is 111 cm³/mol. The van der Waals surface area contributed by atoms with Crippen LogP contribution in [0.2, 0.25) is 0 Å². The lowest BCUT2D eigenvalue weighted by Gasteiger charge is -2.22. The molecule has 2 aromatic carbocycles. The van der Waals surface area contributed by atoms with Crippen molar-refractivity contribution < 1.29 is 27.5 Å². The van der Waals surface area contributed by atoms with Crippen molar-refractivity contribution in [2.75, 3.05) is 36.1 Å². The Morgan fingerprint density at radius 1 is 1.07 bits per heavy atom. The van der Waals surface area contributed by atoms with Crippen LogP contribution in [0.3, 0.4) is 0 Å². The molecule has 0 radical (unpaired) electrons. The zero-order valence-electron chi connectivity index (χ0n) is 16.5. The summed E-state index contributed by atoms with van der Waals surface area (Å²) in [6, 6.07) is 12.8. The van der Waals surface area contributed by atoms with E-state index in [4.69, 9.17) is 9.47 Å². The molecule has 1 N–H and O–H groups in total. The molecule has 0 fully saturated rings. The number of esters is 1. The quantitative estimate of drug-likeness (QED) is 0.626. The molecule has 0 unspecified atom stereocenters. The molecule has 8 nitrogen and oxygen atoms in total. The van der Waals surface area contributed by atoms with E-state index in [0.29, 0.717) is 18.0 Å². The fraction of sp³-hybridized carbons (Fsp3) is 0.300. The van der Waals surface area contributed by atoms with Crippen LogP contribution in [0.5, 0.6) is 5.75 Å². The maximum absolute atomic E-state index is 12.5. The van der Waals surface area contributed by atoms with Gasteiger partial charge < -0.3 is 14.8 Å². The van der Waals surface area contributed by atoms with Gasteiger partial charge in [-0.3, -0.25) is 9.10 Å². The van der Waals surface area contributed by atoms with E-state index < -0.39 is 28.4 Å². The summed E-state index contributed by atoms with van der Waals surface area (Å²) in [5.74, 6) is -0.595.